The predicted molar refractivity (Wildman–Crippen MR) is 120 cm³/mol. The fourth-order valence-corrected chi connectivity index (χ4v) is 7.47. The lowest BCUT2D eigenvalue weighted by molar-refractivity contribution is -0.140. The van der Waals surface area contributed by atoms with Gasteiger partial charge < -0.3 is 10.6 Å². The highest BCUT2D eigenvalue weighted by Gasteiger charge is 2.54. The number of rotatable bonds is 6. The molecule has 0 spiro atoms. The fourth-order valence-electron chi connectivity index (χ4n) is 5.79. The van der Waals surface area contributed by atoms with Gasteiger partial charge in [-0.25, -0.2) is 0 Å². The molecule has 1 aromatic carbocycles. The van der Waals surface area contributed by atoms with Crippen LogP contribution >= 0.6 is 34.7 Å². The van der Waals surface area contributed by atoms with Gasteiger partial charge in [0.2, 0.25) is 16.9 Å². The topological polar surface area (TPSA) is 84.0 Å². The molecule has 4 fully saturated rings. The van der Waals surface area contributed by atoms with Crippen LogP contribution in [0, 0.1) is 23.2 Å². The van der Waals surface area contributed by atoms with E-state index in [1.807, 2.05) is 0 Å². The van der Waals surface area contributed by atoms with Crippen molar-refractivity contribution < 1.29 is 9.59 Å². The third kappa shape index (κ3) is 4.22. The first kappa shape index (κ1) is 20.3. The van der Waals surface area contributed by atoms with Crippen LogP contribution in [0.4, 0.5) is 10.8 Å². The fraction of sp³-hybridized carbons (Fsp3) is 0.524. The SMILES string of the molecule is O=C(CSc1nnc(NC(=O)C23CC4CC(CC(C4)C2)C3)s1)Nc1ccc(Cl)cc1. The highest BCUT2D eigenvalue weighted by atomic mass is 35.5. The molecule has 6 rings (SSSR count). The van der Waals surface area contributed by atoms with E-state index in [2.05, 4.69) is 20.8 Å². The summed E-state index contributed by atoms with van der Waals surface area (Å²) >= 11 is 8.49. The van der Waals surface area contributed by atoms with Crippen LogP contribution in [-0.4, -0.2) is 27.8 Å². The second-order valence-electron chi connectivity index (χ2n) is 8.87. The van der Waals surface area contributed by atoms with Gasteiger partial charge in [-0.3, -0.25) is 9.59 Å². The monoisotopic (exact) mass is 462 g/mol. The molecule has 4 saturated carbocycles. The summed E-state index contributed by atoms with van der Waals surface area (Å²) in [7, 11) is 0. The Bertz CT molecular complexity index is 927. The molecule has 9 heteroatoms. The minimum absolute atomic E-state index is 0.120. The lowest BCUT2D eigenvalue weighted by atomic mass is 9.49. The van der Waals surface area contributed by atoms with Gasteiger partial charge in [0.05, 0.1) is 11.2 Å². The summed E-state index contributed by atoms with van der Waals surface area (Å²) in [6.07, 6.45) is 7.00. The van der Waals surface area contributed by atoms with Crippen LogP contribution in [0.1, 0.15) is 38.5 Å². The van der Waals surface area contributed by atoms with E-state index in [-0.39, 0.29) is 23.0 Å². The number of thioether (sulfide) groups is 1. The first-order valence-electron chi connectivity index (χ1n) is 10.3. The highest BCUT2D eigenvalue weighted by Crippen LogP contribution is 2.60. The molecular formula is C21H23ClN4O2S2. The number of amides is 2. The van der Waals surface area contributed by atoms with Crippen LogP contribution in [0.25, 0.3) is 0 Å². The summed E-state index contributed by atoms with van der Waals surface area (Å²) in [6, 6.07) is 6.98. The number of aromatic nitrogens is 2. The van der Waals surface area contributed by atoms with E-state index < -0.39 is 0 Å². The standard InChI is InChI=1S/C21H23ClN4O2S2/c22-15-1-3-16(4-2-15)23-17(27)11-29-20-26-25-19(30-20)24-18(28)21-8-12-5-13(9-21)7-14(6-12)10-21/h1-4,12-14H,5-11H2,(H,23,27)(H,24,25,28). The highest BCUT2D eigenvalue weighted by molar-refractivity contribution is 8.01. The summed E-state index contributed by atoms with van der Waals surface area (Å²) in [6.45, 7) is 0. The zero-order chi connectivity index (χ0) is 20.7. The average Bonchev–Trinajstić information content (AvgIpc) is 3.14. The molecule has 2 amide bonds. The maximum absolute atomic E-state index is 13.1. The van der Waals surface area contributed by atoms with Crippen molar-refractivity contribution in [2.24, 2.45) is 23.2 Å². The Morgan fingerprint density at radius 3 is 2.30 bits per heavy atom. The van der Waals surface area contributed by atoms with Crippen molar-refractivity contribution in [1.29, 1.82) is 0 Å². The number of anilines is 2. The second-order valence-corrected chi connectivity index (χ2v) is 11.5. The summed E-state index contributed by atoms with van der Waals surface area (Å²) in [4.78, 5) is 25.3. The van der Waals surface area contributed by atoms with Crippen LogP contribution in [-0.2, 0) is 9.59 Å². The van der Waals surface area contributed by atoms with Crippen molar-refractivity contribution >= 4 is 57.3 Å². The number of halogens is 1. The number of carbonyl (C=O) groups is 2. The molecule has 0 atom stereocenters. The molecule has 2 N–H and O–H groups in total. The third-order valence-electron chi connectivity index (χ3n) is 6.60. The molecule has 4 bridgehead atoms. The molecule has 30 heavy (non-hydrogen) atoms. The van der Waals surface area contributed by atoms with E-state index in [9.17, 15) is 9.59 Å². The lowest BCUT2D eigenvalue weighted by Crippen LogP contribution is -2.51. The maximum Gasteiger partial charge on any atom is 0.234 e. The van der Waals surface area contributed by atoms with Crippen LogP contribution in [0.3, 0.4) is 0 Å². The average molecular weight is 463 g/mol. The molecule has 158 valence electrons. The van der Waals surface area contributed by atoms with Crippen molar-refractivity contribution in [2.45, 2.75) is 42.9 Å². The smallest absolute Gasteiger partial charge is 0.234 e. The maximum atomic E-state index is 13.1. The Morgan fingerprint density at radius 2 is 1.67 bits per heavy atom. The summed E-state index contributed by atoms with van der Waals surface area (Å²) in [5.74, 6) is 2.39. The molecule has 0 aliphatic heterocycles. The summed E-state index contributed by atoms with van der Waals surface area (Å²) in [5, 5.41) is 15.3. The number of nitrogens with zero attached hydrogens (tertiary/aromatic N) is 2. The number of benzene rings is 1. The van der Waals surface area contributed by atoms with E-state index in [1.165, 1.54) is 42.4 Å². The zero-order valence-corrected chi connectivity index (χ0v) is 18.8. The van der Waals surface area contributed by atoms with Crippen molar-refractivity contribution in [3.63, 3.8) is 0 Å². The molecule has 1 aromatic heterocycles. The van der Waals surface area contributed by atoms with Crippen molar-refractivity contribution in [3.8, 4) is 0 Å². The Hall–Kier alpha value is -1.64. The van der Waals surface area contributed by atoms with E-state index in [0.29, 0.717) is 20.2 Å². The van der Waals surface area contributed by atoms with Crippen molar-refractivity contribution in [2.75, 3.05) is 16.4 Å². The van der Waals surface area contributed by atoms with Gasteiger partial charge in [0.1, 0.15) is 0 Å². The lowest BCUT2D eigenvalue weighted by Gasteiger charge is -2.55. The Balaban J connectivity index is 1.15. The van der Waals surface area contributed by atoms with Gasteiger partial charge in [-0.2, -0.15) is 0 Å². The van der Waals surface area contributed by atoms with E-state index in [1.54, 1.807) is 24.3 Å². The quantitative estimate of drug-likeness (QED) is 0.462. The second kappa shape index (κ2) is 8.13. The predicted octanol–water partition coefficient (Wildman–Crippen LogP) is 5.08. The summed E-state index contributed by atoms with van der Waals surface area (Å²) in [5.41, 5.74) is 0.498. The molecule has 4 aliphatic rings. The Morgan fingerprint density at radius 1 is 1.03 bits per heavy atom. The number of hydrogen-bond acceptors (Lipinski definition) is 6. The van der Waals surface area contributed by atoms with E-state index in [0.717, 1.165) is 37.0 Å². The van der Waals surface area contributed by atoms with Crippen LogP contribution < -0.4 is 10.6 Å². The minimum Gasteiger partial charge on any atom is -0.325 e. The van der Waals surface area contributed by atoms with Crippen molar-refractivity contribution in [1.82, 2.24) is 10.2 Å². The van der Waals surface area contributed by atoms with Gasteiger partial charge in [0.15, 0.2) is 4.34 Å². The van der Waals surface area contributed by atoms with Gasteiger partial charge in [-0.05, 0) is 80.5 Å². The summed E-state index contributed by atoms with van der Waals surface area (Å²) < 4.78 is 0.669. The first-order valence-corrected chi connectivity index (χ1v) is 12.5. The molecule has 1 heterocycles. The van der Waals surface area contributed by atoms with Gasteiger partial charge in [0, 0.05) is 10.7 Å². The van der Waals surface area contributed by atoms with Gasteiger partial charge in [0.25, 0.3) is 0 Å². The normalized spacial score (nSPS) is 29.0. The number of carbonyl (C=O) groups excluding carboxylic acids is 2. The molecular weight excluding hydrogens is 440 g/mol. The Kier molecular flexibility index (Phi) is 5.49. The number of hydrogen-bond donors (Lipinski definition) is 2. The third-order valence-corrected chi connectivity index (χ3v) is 8.83. The van der Waals surface area contributed by atoms with E-state index in [4.69, 9.17) is 11.6 Å². The van der Waals surface area contributed by atoms with Crippen LogP contribution in [0.2, 0.25) is 5.02 Å². The molecule has 0 unspecified atom stereocenters. The van der Waals surface area contributed by atoms with Gasteiger partial charge in [-0.15, -0.1) is 10.2 Å². The molecule has 2 aromatic rings. The molecule has 6 nitrogen and oxygen atoms in total. The molecule has 0 saturated heterocycles. The molecule has 4 aliphatic carbocycles. The first-order chi connectivity index (χ1) is 14.5. The zero-order valence-electron chi connectivity index (χ0n) is 16.4. The minimum atomic E-state index is -0.202. The largest absolute Gasteiger partial charge is 0.325 e. The molecule has 0 radical (unpaired) electrons. The van der Waals surface area contributed by atoms with Crippen LogP contribution in [0.5, 0.6) is 0 Å². The van der Waals surface area contributed by atoms with Crippen LogP contribution in [0.15, 0.2) is 28.6 Å². The number of nitrogens with one attached hydrogen (secondary N) is 2. The van der Waals surface area contributed by atoms with Gasteiger partial charge >= 0.3 is 0 Å². The van der Waals surface area contributed by atoms with Gasteiger partial charge in [-0.1, -0.05) is 34.7 Å². The van der Waals surface area contributed by atoms with E-state index >= 15 is 0 Å². The Labute approximate surface area is 188 Å². The van der Waals surface area contributed by atoms with Crippen molar-refractivity contribution in [3.05, 3.63) is 29.3 Å².